The zero-order valence-corrected chi connectivity index (χ0v) is 10.7. The van der Waals surface area contributed by atoms with E-state index in [2.05, 4.69) is 15.9 Å². The summed E-state index contributed by atoms with van der Waals surface area (Å²) in [5.41, 5.74) is 1.76. The second-order valence-corrected chi connectivity index (χ2v) is 4.79. The van der Waals surface area contributed by atoms with Crippen LogP contribution in [-0.4, -0.2) is 5.11 Å². The molecule has 2 aromatic rings. The van der Waals surface area contributed by atoms with Crippen LogP contribution in [0, 0.1) is 0 Å². The number of furan rings is 1. The van der Waals surface area contributed by atoms with Crippen molar-refractivity contribution in [2.75, 3.05) is 0 Å². The monoisotopic (exact) mass is 300 g/mol. The third-order valence-corrected chi connectivity index (χ3v) is 3.57. The number of hydrogen-bond donors (Lipinski definition) is 1. The minimum absolute atomic E-state index is 0.522. The normalized spacial score (nSPS) is 12.7. The van der Waals surface area contributed by atoms with Crippen LogP contribution in [0.2, 0.25) is 5.02 Å². The molecule has 1 unspecified atom stereocenters. The van der Waals surface area contributed by atoms with Crippen molar-refractivity contribution in [3.05, 3.63) is 57.4 Å². The van der Waals surface area contributed by atoms with Gasteiger partial charge in [0.25, 0.3) is 0 Å². The van der Waals surface area contributed by atoms with Crippen LogP contribution in [0.4, 0.5) is 0 Å². The van der Waals surface area contributed by atoms with E-state index in [1.54, 1.807) is 18.6 Å². The quantitative estimate of drug-likeness (QED) is 0.930. The van der Waals surface area contributed by atoms with Gasteiger partial charge in [-0.25, -0.2) is 0 Å². The zero-order chi connectivity index (χ0) is 11.5. The molecule has 2 nitrogen and oxygen atoms in total. The molecule has 1 atom stereocenters. The summed E-state index contributed by atoms with van der Waals surface area (Å²) in [6, 6.07) is 7.27. The summed E-state index contributed by atoms with van der Waals surface area (Å²) >= 11 is 9.27. The minimum atomic E-state index is -0.566. The lowest BCUT2D eigenvalue weighted by atomic mass is 10.0. The van der Waals surface area contributed by atoms with Crippen molar-refractivity contribution in [1.29, 1.82) is 0 Å². The van der Waals surface area contributed by atoms with Crippen LogP contribution in [0.5, 0.6) is 0 Å². The molecule has 2 rings (SSSR count). The van der Waals surface area contributed by atoms with E-state index in [4.69, 9.17) is 16.0 Å². The molecule has 0 spiro atoms. The second kappa shape index (κ2) is 5.04. The van der Waals surface area contributed by atoms with Gasteiger partial charge in [0.2, 0.25) is 0 Å². The highest BCUT2D eigenvalue weighted by Gasteiger charge is 2.10. The van der Waals surface area contributed by atoms with E-state index in [1.807, 2.05) is 18.2 Å². The SMILES string of the molecule is OC(Cc1ccoc1)c1ccc(Br)c(Cl)c1. The van der Waals surface area contributed by atoms with E-state index in [9.17, 15) is 5.11 Å². The topological polar surface area (TPSA) is 33.4 Å². The summed E-state index contributed by atoms with van der Waals surface area (Å²) in [5.74, 6) is 0. The molecule has 1 aromatic heterocycles. The summed E-state index contributed by atoms with van der Waals surface area (Å²) in [6.45, 7) is 0. The number of hydrogen-bond acceptors (Lipinski definition) is 2. The van der Waals surface area contributed by atoms with Crippen molar-refractivity contribution in [3.63, 3.8) is 0 Å². The van der Waals surface area contributed by atoms with E-state index in [1.165, 1.54) is 0 Å². The fourth-order valence-corrected chi connectivity index (χ4v) is 1.91. The minimum Gasteiger partial charge on any atom is -0.472 e. The Kier molecular flexibility index (Phi) is 3.69. The number of aliphatic hydroxyl groups excluding tert-OH is 1. The smallest absolute Gasteiger partial charge is 0.0935 e. The standard InChI is InChI=1S/C12H10BrClO2/c13-10-2-1-9(6-11(10)14)12(15)5-8-3-4-16-7-8/h1-4,6-7,12,15H,5H2. The number of benzene rings is 1. The Morgan fingerprint density at radius 2 is 2.19 bits per heavy atom. The van der Waals surface area contributed by atoms with Crippen molar-refractivity contribution in [3.8, 4) is 0 Å². The first kappa shape index (κ1) is 11.7. The summed E-state index contributed by atoms with van der Waals surface area (Å²) < 4.78 is 5.78. The van der Waals surface area contributed by atoms with Crippen LogP contribution >= 0.6 is 27.5 Å². The Hall–Kier alpha value is -0.770. The van der Waals surface area contributed by atoms with Crippen molar-refractivity contribution >= 4 is 27.5 Å². The van der Waals surface area contributed by atoms with Crippen LogP contribution < -0.4 is 0 Å². The number of rotatable bonds is 3. The van der Waals surface area contributed by atoms with Crippen LogP contribution in [0.1, 0.15) is 17.2 Å². The van der Waals surface area contributed by atoms with Gasteiger partial charge in [-0.3, -0.25) is 0 Å². The van der Waals surface area contributed by atoms with Crippen LogP contribution in [0.3, 0.4) is 0 Å². The van der Waals surface area contributed by atoms with E-state index < -0.39 is 6.10 Å². The summed E-state index contributed by atoms with van der Waals surface area (Å²) in [4.78, 5) is 0. The zero-order valence-electron chi connectivity index (χ0n) is 8.36. The maximum atomic E-state index is 9.99. The van der Waals surface area contributed by atoms with Crippen molar-refractivity contribution in [2.45, 2.75) is 12.5 Å². The Morgan fingerprint density at radius 1 is 1.38 bits per heavy atom. The third-order valence-electron chi connectivity index (χ3n) is 2.34. The van der Waals surface area contributed by atoms with E-state index in [-0.39, 0.29) is 0 Å². The highest BCUT2D eigenvalue weighted by Crippen LogP contribution is 2.27. The molecule has 1 aromatic carbocycles. The van der Waals surface area contributed by atoms with Gasteiger partial charge in [-0.2, -0.15) is 0 Å². The number of aliphatic hydroxyl groups is 1. The predicted octanol–water partition coefficient (Wildman–Crippen LogP) is 3.97. The average molecular weight is 302 g/mol. The van der Waals surface area contributed by atoms with Crippen LogP contribution in [0.25, 0.3) is 0 Å². The summed E-state index contributed by atoms with van der Waals surface area (Å²) in [5, 5.41) is 10.6. The van der Waals surface area contributed by atoms with Gasteiger partial charge in [0.15, 0.2) is 0 Å². The molecule has 0 bridgehead atoms. The molecule has 0 fully saturated rings. The summed E-state index contributed by atoms with van der Waals surface area (Å²) in [7, 11) is 0. The van der Waals surface area contributed by atoms with Crippen molar-refractivity contribution < 1.29 is 9.52 Å². The Bertz CT molecular complexity index is 468. The molecule has 0 aliphatic heterocycles. The molecule has 4 heteroatoms. The molecule has 0 amide bonds. The molecular formula is C12H10BrClO2. The van der Waals surface area contributed by atoms with Gasteiger partial charge in [0.05, 0.1) is 23.7 Å². The molecule has 1 N–H and O–H groups in total. The van der Waals surface area contributed by atoms with Gasteiger partial charge in [-0.05, 0) is 45.3 Å². The van der Waals surface area contributed by atoms with Gasteiger partial charge < -0.3 is 9.52 Å². The first-order valence-electron chi connectivity index (χ1n) is 4.81. The van der Waals surface area contributed by atoms with Gasteiger partial charge in [-0.1, -0.05) is 17.7 Å². The Labute approximate surface area is 107 Å². The molecule has 0 aliphatic carbocycles. The molecule has 1 heterocycles. The van der Waals surface area contributed by atoms with Gasteiger partial charge >= 0.3 is 0 Å². The molecule has 0 saturated carbocycles. The lowest BCUT2D eigenvalue weighted by Crippen LogP contribution is -2.00. The van der Waals surface area contributed by atoms with Crippen molar-refractivity contribution in [1.82, 2.24) is 0 Å². The molecule has 0 aliphatic rings. The van der Waals surface area contributed by atoms with E-state index >= 15 is 0 Å². The van der Waals surface area contributed by atoms with Crippen LogP contribution in [-0.2, 0) is 6.42 Å². The largest absolute Gasteiger partial charge is 0.472 e. The molecule has 0 saturated heterocycles. The maximum Gasteiger partial charge on any atom is 0.0935 e. The lowest BCUT2D eigenvalue weighted by Gasteiger charge is -2.10. The first-order chi connectivity index (χ1) is 7.66. The second-order valence-electron chi connectivity index (χ2n) is 3.53. The first-order valence-corrected chi connectivity index (χ1v) is 5.98. The molecule has 16 heavy (non-hydrogen) atoms. The van der Waals surface area contributed by atoms with E-state index in [0.717, 1.165) is 15.6 Å². The van der Waals surface area contributed by atoms with Gasteiger partial charge in [-0.15, -0.1) is 0 Å². The fourth-order valence-electron chi connectivity index (χ4n) is 1.47. The van der Waals surface area contributed by atoms with E-state index in [0.29, 0.717) is 11.4 Å². The molecular weight excluding hydrogens is 291 g/mol. The number of halogens is 2. The van der Waals surface area contributed by atoms with Gasteiger partial charge in [0.1, 0.15) is 0 Å². The molecule has 84 valence electrons. The molecule has 0 radical (unpaired) electrons. The Morgan fingerprint density at radius 3 is 2.81 bits per heavy atom. The third kappa shape index (κ3) is 2.67. The van der Waals surface area contributed by atoms with Crippen molar-refractivity contribution in [2.24, 2.45) is 0 Å². The average Bonchev–Trinajstić information content (AvgIpc) is 2.74. The fraction of sp³-hybridized carbons (Fsp3) is 0.167. The predicted molar refractivity (Wildman–Crippen MR) is 66.5 cm³/mol. The summed E-state index contributed by atoms with van der Waals surface area (Å²) in [6.07, 6.45) is 3.18. The van der Waals surface area contributed by atoms with Gasteiger partial charge in [0, 0.05) is 10.9 Å². The Balaban J connectivity index is 2.14. The van der Waals surface area contributed by atoms with Crippen LogP contribution in [0.15, 0.2) is 45.7 Å². The highest BCUT2D eigenvalue weighted by atomic mass is 79.9. The lowest BCUT2D eigenvalue weighted by molar-refractivity contribution is 0.178. The maximum absolute atomic E-state index is 9.99. The highest BCUT2D eigenvalue weighted by molar-refractivity contribution is 9.10.